The number of fused-ring (bicyclic) bond motifs is 1. The first-order valence-electron chi connectivity index (χ1n) is 9.31. The van der Waals surface area contributed by atoms with E-state index in [0.29, 0.717) is 53.1 Å². The topological polar surface area (TPSA) is 76.6 Å². The molecule has 10 heteroatoms. The first kappa shape index (κ1) is 24.8. The Morgan fingerprint density at radius 2 is 1.81 bits per heavy atom. The largest absolute Gasteiger partial charge is 0.493 e. The molecular weight excluding hydrogens is 463 g/mol. The molecule has 0 aliphatic rings. The number of alkyl halides is 2. The molecule has 0 spiro atoms. The third-order valence-corrected chi connectivity index (χ3v) is 4.72. The second kappa shape index (κ2) is 11.8. The molecule has 0 fully saturated rings. The van der Waals surface area contributed by atoms with E-state index in [-0.39, 0.29) is 12.4 Å². The van der Waals surface area contributed by atoms with Gasteiger partial charge in [-0.2, -0.15) is 0 Å². The zero-order valence-corrected chi connectivity index (χ0v) is 19.4. The molecule has 3 aromatic rings. The SMILES string of the molecule is COc1cc2ncnc(Nc3ccccc3N(CCCl)CCCl)c2cc1OC(C)=O.Cl. The number of halogens is 3. The number of rotatable bonds is 9. The molecule has 2 aromatic carbocycles. The minimum absolute atomic E-state index is 0. The van der Waals surface area contributed by atoms with E-state index >= 15 is 0 Å². The standard InChI is InChI=1S/C21H22Cl2N4O3.ClH/c1-14(28)30-20-11-15-17(12-19(20)29-2)24-13-25-21(15)26-16-5-3-4-6-18(16)27(9-7-22)10-8-23;/h3-6,11-13H,7-10H2,1-2H3,(H,24,25,26);1H. The Bertz CT molecular complexity index is 1030. The number of para-hydroxylation sites is 2. The number of benzene rings is 2. The summed E-state index contributed by atoms with van der Waals surface area (Å²) >= 11 is 12.0. The lowest BCUT2D eigenvalue weighted by molar-refractivity contribution is -0.132. The van der Waals surface area contributed by atoms with Crippen LogP contribution in [0.25, 0.3) is 10.9 Å². The molecule has 0 saturated carbocycles. The summed E-state index contributed by atoms with van der Waals surface area (Å²) in [6.45, 7) is 2.65. The molecule has 0 radical (unpaired) electrons. The average molecular weight is 486 g/mol. The molecule has 1 aromatic heterocycles. The predicted molar refractivity (Wildman–Crippen MR) is 128 cm³/mol. The monoisotopic (exact) mass is 484 g/mol. The molecule has 3 rings (SSSR count). The summed E-state index contributed by atoms with van der Waals surface area (Å²) in [6.07, 6.45) is 1.47. The van der Waals surface area contributed by atoms with Crippen molar-refractivity contribution in [2.45, 2.75) is 6.92 Å². The second-order valence-corrected chi connectivity index (χ2v) is 7.10. The van der Waals surface area contributed by atoms with E-state index in [1.807, 2.05) is 24.3 Å². The van der Waals surface area contributed by atoms with Gasteiger partial charge in [0.05, 0.1) is 24.0 Å². The summed E-state index contributed by atoms with van der Waals surface area (Å²) in [6, 6.07) is 11.2. The van der Waals surface area contributed by atoms with Gasteiger partial charge in [-0.1, -0.05) is 12.1 Å². The van der Waals surface area contributed by atoms with Gasteiger partial charge in [-0.25, -0.2) is 9.97 Å². The Balaban J connectivity index is 0.00000341. The molecule has 0 unspecified atom stereocenters. The van der Waals surface area contributed by atoms with E-state index in [1.165, 1.54) is 20.4 Å². The van der Waals surface area contributed by atoms with Crippen LogP contribution in [0.5, 0.6) is 11.5 Å². The number of nitrogens with one attached hydrogen (secondary N) is 1. The van der Waals surface area contributed by atoms with Crippen molar-refractivity contribution in [1.29, 1.82) is 0 Å². The van der Waals surface area contributed by atoms with Gasteiger partial charge < -0.3 is 19.7 Å². The number of esters is 1. The van der Waals surface area contributed by atoms with Crippen LogP contribution in [0.15, 0.2) is 42.7 Å². The molecule has 31 heavy (non-hydrogen) atoms. The van der Waals surface area contributed by atoms with Crippen LogP contribution in [0.2, 0.25) is 0 Å². The molecule has 0 atom stereocenters. The first-order valence-corrected chi connectivity index (χ1v) is 10.4. The maximum absolute atomic E-state index is 11.5. The van der Waals surface area contributed by atoms with Gasteiger partial charge in [-0.05, 0) is 18.2 Å². The lowest BCUT2D eigenvalue weighted by Gasteiger charge is -2.26. The van der Waals surface area contributed by atoms with Crippen molar-refractivity contribution in [2.75, 3.05) is 42.2 Å². The average Bonchev–Trinajstić information content (AvgIpc) is 2.73. The molecule has 166 valence electrons. The van der Waals surface area contributed by atoms with Crippen LogP contribution < -0.4 is 19.7 Å². The van der Waals surface area contributed by atoms with Crippen LogP contribution >= 0.6 is 35.6 Å². The highest BCUT2D eigenvalue weighted by molar-refractivity contribution is 6.18. The Morgan fingerprint density at radius 3 is 2.45 bits per heavy atom. The Morgan fingerprint density at radius 1 is 1.10 bits per heavy atom. The fraction of sp³-hybridized carbons (Fsp3) is 0.286. The maximum atomic E-state index is 11.5. The molecule has 0 amide bonds. The molecule has 0 bridgehead atoms. The van der Waals surface area contributed by atoms with Crippen LogP contribution in [0.1, 0.15) is 6.92 Å². The highest BCUT2D eigenvalue weighted by atomic mass is 35.5. The van der Waals surface area contributed by atoms with Gasteiger partial charge in [0.15, 0.2) is 11.5 Å². The second-order valence-electron chi connectivity index (χ2n) is 6.34. The van der Waals surface area contributed by atoms with Gasteiger partial charge in [0.1, 0.15) is 12.1 Å². The molecule has 0 saturated heterocycles. The van der Waals surface area contributed by atoms with Gasteiger partial charge in [-0.15, -0.1) is 35.6 Å². The molecule has 1 heterocycles. The number of aromatic nitrogens is 2. The fourth-order valence-corrected chi connectivity index (χ4v) is 3.51. The number of carbonyl (C=O) groups excluding carboxylic acids is 1. The zero-order valence-electron chi connectivity index (χ0n) is 17.1. The molecule has 0 aliphatic carbocycles. The third kappa shape index (κ3) is 6.03. The summed E-state index contributed by atoms with van der Waals surface area (Å²) in [5.41, 5.74) is 2.45. The summed E-state index contributed by atoms with van der Waals surface area (Å²) in [4.78, 5) is 22.3. The van der Waals surface area contributed by atoms with Crippen LogP contribution in [-0.2, 0) is 4.79 Å². The van der Waals surface area contributed by atoms with E-state index in [1.54, 1.807) is 12.1 Å². The fourth-order valence-electron chi connectivity index (χ4n) is 3.10. The molecular formula is C21H23Cl3N4O3. The van der Waals surface area contributed by atoms with Crippen LogP contribution in [0, 0.1) is 0 Å². The van der Waals surface area contributed by atoms with Crippen molar-refractivity contribution >= 4 is 69.7 Å². The smallest absolute Gasteiger partial charge is 0.308 e. The van der Waals surface area contributed by atoms with Crippen LogP contribution in [0.4, 0.5) is 17.2 Å². The Kier molecular flexibility index (Phi) is 9.43. The number of carbonyl (C=O) groups is 1. The number of hydrogen-bond acceptors (Lipinski definition) is 7. The van der Waals surface area contributed by atoms with E-state index < -0.39 is 5.97 Å². The van der Waals surface area contributed by atoms with E-state index in [0.717, 1.165) is 11.4 Å². The van der Waals surface area contributed by atoms with Gasteiger partial charge >= 0.3 is 5.97 Å². The van der Waals surface area contributed by atoms with Gasteiger partial charge in [0.2, 0.25) is 0 Å². The summed E-state index contributed by atoms with van der Waals surface area (Å²) in [7, 11) is 1.51. The van der Waals surface area contributed by atoms with E-state index in [4.69, 9.17) is 32.7 Å². The quantitative estimate of drug-likeness (QED) is 0.259. The lowest BCUT2D eigenvalue weighted by Crippen LogP contribution is -2.28. The lowest BCUT2D eigenvalue weighted by atomic mass is 10.2. The number of methoxy groups -OCH3 is 1. The summed E-state index contributed by atoms with van der Waals surface area (Å²) in [5.74, 6) is 1.80. The predicted octanol–water partition coefficient (Wildman–Crippen LogP) is 5.01. The molecule has 1 N–H and O–H groups in total. The number of nitrogens with zero attached hydrogens (tertiary/aromatic N) is 3. The van der Waals surface area contributed by atoms with Crippen LogP contribution in [-0.4, -0.2) is 47.9 Å². The van der Waals surface area contributed by atoms with E-state index in [2.05, 4.69) is 20.2 Å². The number of anilines is 3. The summed E-state index contributed by atoms with van der Waals surface area (Å²) < 4.78 is 10.6. The van der Waals surface area contributed by atoms with Crippen molar-refractivity contribution in [3.8, 4) is 11.5 Å². The van der Waals surface area contributed by atoms with Gasteiger partial charge in [0.25, 0.3) is 0 Å². The first-order chi connectivity index (χ1) is 14.6. The van der Waals surface area contributed by atoms with Crippen molar-refractivity contribution in [2.24, 2.45) is 0 Å². The Labute approximate surface area is 197 Å². The summed E-state index contributed by atoms with van der Waals surface area (Å²) in [5, 5.41) is 4.06. The highest BCUT2D eigenvalue weighted by Crippen LogP contribution is 2.36. The Hall–Kier alpha value is -2.48. The van der Waals surface area contributed by atoms with Crippen LogP contribution in [0.3, 0.4) is 0 Å². The van der Waals surface area contributed by atoms with E-state index in [9.17, 15) is 4.79 Å². The minimum Gasteiger partial charge on any atom is -0.493 e. The third-order valence-electron chi connectivity index (χ3n) is 4.38. The number of ether oxygens (including phenoxy) is 2. The normalized spacial score (nSPS) is 10.3. The van der Waals surface area contributed by atoms with Gasteiger partial charge in [0, 0.05) is 43.2 Å². The molecule has 7 nitrogen and oxygen atoms in total. The van der Waals surface area contributed by atoms with Crippen molar-refractivity contribution in [3.63, 3.8) is 0 Å². The van der Waals surface area contributed by atoms with Crippen molar-refractivity contribution < 1.29 is 14.3 Å². The number of hydrogen-bond donors (Lipinski definition) is 1. The van der Waals surface area contributed by atoms with Gasteiger partial charge in [-0.3, -0.25) is 4.79 Å². The highest BCUT2D eigenvalue weighted by Gasteiger charge is 2.15. The van der Waals surface area contributed by atoms with Crippen molar-refractivity contribution in [3.05, 3.63) is 42.7 Å². The van der Waals surface area contributed by atoms with Crippen molar-refractivity contribution in [1.82, 2.24) is 9.97 Å². The molecule has 0 aliphatic heterocycles. The minimum atomic E-state index is -0.442. The maximum Gasteiger partial charge on any atom is 0.308 e. The zero-order chi connectivity index (χ0) is 21.5.